The monoisotopic (exact) mass is 321 g/mol. The number of amides is 2. The SMILES string of the molecule is CCCCN1C(=O)CC(c2ccccc2)(c2ccccc2)CC1=O. The Morgan fingerprint density at radius 1 is 0.833 bits per heavy atom. The molecule has 0 spiro atoms. The van der Waals surface area contributed by atoms with Gasteiger partial charge in [-0.1, -0.05) is 74.0 Å². The van der Waals surface area contributed by atoms with Gasteiger partial charge in [-0.25, -0.2) is 0 Å². The van der Waals surface area contributed by atoms with Gasteiger partial charge in [-0.3, -0.25) is 14.5 Å². The predicted molar refractivity (Wildman–Crippen MR) is 94.5 cm³/mol. The van der Waals surface area contributed by atoms with Crippen LogP contribution in [0.4, 0.5) is 0 Å². The molecule has 3 rings (SSSR count). The minimum absolute atomic E-state index is 0.0626. The number of nitrogens with zero attached hydrogens (tertiary/aromatic N) is 1. The molecule has 1 fully saturated rings. The molecule has 1 saturated heterocycles. The molecule has 1 heterocycles. The summed E-state index contributed by atoms with van der Waals surface area (Å²) in [5, 5.41) is 0. The van der Waals surface area contributed by atoms with E-state index in [9.17, 15) is 9.59 Å². The van der Waals surface area contributed by atoms with Crippen LogP contribution in [0.1, 0.15) is 43.7 Å². The zero-order valence-electron chi connectivity index (χ0n) is 14.1. The minimum Gasteiger partial charge on any atom is -0.283 e. The Hall–Kier alpha value is -2.42. The van der Waals surface area contributed by atoms with Gasteiger partial charge in [0.05, 0.1) is 0 Å². The average Bonchev–Trinajstić information content (AvgIpc) is 2.62. The molecule has 3 nitrogen and oxygen atoms in total. The quantitative estimate of drug-likeness (QED) is 0.783. The molecule has 0 atom stereocenters. The normalized spacial score (nSPS) is 17.1. The highest BCUT2D eigenvalue weighted by molar-refractivity contribution is 6.00. The molecule has 0 saturated carbocycles. The Bertz CT molecular complexity index is 650. The van der Waals surface area contributed by atoms with E-state index in [0.717, 1.165) is 24.0 Å². The molecule has 0 radical (unpaired) electrons. The lowest BCUT2D eigenvalue weighted by atomic mass is 9.67. The van der Waals surface area contributed by atoms with Crippen molar-refractivity contribution < 1.29 is 9.59 Å². The third-order valence-corrected chi connectivity index (χ3v) is 4.90. The van der Waals surface area contributed by atoms with Crippen molar-refractivity contribution in [2.24, 2.45) is 0 Å². The van der Waals surface area contributed by atoms with E-state index in [1.165, 1.54) is 4.90 Å². The number of rotatable bonds is 5. The van der Waals surface area contributed by atoms with Gasteiger partial charge in [0.2, 0.25) is 11.8 Å². The fourth-order valence-electron chi connectivity index (χ4n) is 3.56. The van der Waals surface area contributed by atoms with Crippen molar-refractivity contribution >= 4 is 11.8 Å². The van der Waals surface area contributed by atoms with Gasteiger partial charge in [0, 0.05) is 24.8 Å². The summed E-state index contributed by atoms with van der Waals surface area (Å²) >= 11 is 0. The average molecular weight is 321 g/mol. The molecule has 0 N–H and O–H groups in total. The van der Waals surface area contributed by atoms with Gasteiger partial charge in [-0.15, -0.1) is 0 Å². The first kappa shape index (κ1) is 16.4. The number of carbonyl (C=O) groups is 2. The standard InChI is InChI=1S/C21H23NO2/c1-2-3-14-22-19(23)15-21(16-20(22)24,17-10-6-4-7-11-17)18-12-8-5-9-13-18/h4-13H,2-3,14-16H2,1H3. The van der Waals surface area contributed by atoms with E-state index in [0.29, 0.717) is 19.4 Å². The second kappa shape index (κ2) is 7.00. The lowest BCUT2D eigenvalue weighted by molar-refractivity contribution is -0.150. The number of likely N-dealkylation sites (tertiary alicyclic amines) is 1. The molecule has 2 aromatic rings. The van der Waals surface area contributed by atoms with Gasteiger partial charge in [0.1, 0.15) is 0 Å². The van der Waals surface area contributed by atoms with Crippen LogP contribution < -0.4 is 0 Å². The van der Waals surface area contributed by atoms with Crippen molar-refractivity contribution in [1.29, 1.82) is 0 Å². The number of piperidine rings is 1. The number of carbonyl (C=O) groups excluding carboxylic acids is 2. The van der Waals surface area contributed by atoms with Gasteiger partial charge in [0.15, 0.2) is 0 Å². The lowest BCUT2D eigenvalue weighted by Crippen LogP contribution is -2.50. The van der Waals surface area contributed by atoms with E-state index in [1.807, 2.05) is 60.7 Å². The molecular weight excluding hydrogens is 298 g/mol. The molecule has 3 heteroatoms. The second-order valence-corrected chi connectivity index (χ2v) is 6.46. The summed E-state index contributed by atoms with van der Waals surface area (Å²) < 4.78 is 0. The van der Waals surface area contributed by atoms with E-state index < -0.39 is 5.41 Å². The second-order valence-electron chi connectivity index (χ2n) is 6.46. The molecule has 2 aromatic carbocycles. The molecule has 24 heavy (non-hydrogen) atoms. The zero-order valence-corrected chi connectivity index (χ0v) is 14.1. The number of hydrogen-bond acceptors (Lipinski definition) is 2. The van der Waals surface area contributed by atoms with Crippen molar-refractivity contribution in [3.63, 3.8) is 0 Å². The lowest BCUT2D eigenvalue weighted by Gasteiger charge is -2.41. The molecule has 124 valence electrons. The first-order valence-electron chi connectivity index (χ1n) is 8.61. The number of benzene rings is 2. The Kier molecular flexibility index (Phi) is 4.79. The minimum atomic E-state index is -0.556. The zero-order chi connectivity index (χ0) is 17.0. The number of imide groups is 1. The smallest absolute Gasteiger partial charge is 0.230 e. The van der Waals surface area contributed by atoms with Crippen LogP contribution in [0.2, 0.25) is 0 Å². The van der Waals surface area contributed by atoms with Crippen LogP contribution in [0.15, 0.2) is 60.7 Å². The molecule has 0 aromatic heterocycles. The fraction of sp³-hybridized carbons (Fsp3) is 0.333. The van der Waals surface area contributed by atoms with E-state index >= 15 is 0 Å². The molecule has 0 aliphatic carbocycles. The Morgan fingerprint density at radius 2 is 1.29 bits per heavy atom. The Balaban J connectivity index is 2.02. The molecule has 1 aliphatic heterocycles. The summed E-state index contributed by atoms with van der Waals surface area (Å²) in [7, 11) is 0. The largest absolute Gasteiger partial charge is 0.283 e. The van der Waals surface area contributed by atoms with Gasteiger partial charge < -0.3 is 0 Å². The van der Waals surface area contributed by atoms with E-state index in [4.69, 9.17) is 0 Å². The summed E-state index contributed by atoms with van der Waals surface area (Å²) in [4.78, 5) is 27.0. The maximum atomic E-state index is 12.8. The van der Waals surface area contributed by atoms with Gasteiger partial charge in [-0.2, -0.15) is 0 Å². The summed E-state index contributed by atoms with van der Waals surface area (Å²) in [5.41, 5.74) is 1.51. The van der Waals surface area contributed by atoms with Crippen LogP contribution in [0, 0.1) is 0 Å². The Morgan fingerprint density at radius 3 is 1.71 bits per heavy atom. The maximum Gasteiger partial charge on any atom is 0.230 e. The molecule has 2 amide bonds. The van der Waals surface area contributed by atoms with Crippen LogP contribution in [0.25, 0.3) is 0 Å². The first-order valence-corrected chi connectivity index (χ1v) is 8.61. The summed E-state index contributed by atoms with van der Waals surface area (Å²) in [5.74, 6) is -0.125. The highest BCUT2D eigenvalue weighted by Crippen LogP contribution is 2.42. The van der Waals surface area contributed by atoms with Gasteiger partial charge in [-0.05, 0) is 17.5 Å². The van der Waals surface area contributed by atoms with Gasteiger partial charge >= 0.3 is 0 Å². The van der Waals surface area contributed by atoms with Crippen molar-refractivity contribution in [3.05, 3.63) is 71.8 Å². The molecule has 1 aliphatic rings. The van der Waals surface area contributed by atoms with Crippen molar-refractivity contribution in [1.82, 2.24) is 4.90 Å². The highest BCUT2D eigenvalue weighted by atomic mass is 16.2. The van der Waals surface area contributed by atoms with Crippen molar-refractivity contribution in [2.45, 2.75) is 38.0 Å². The molecule has 0 unspecified atom stereocenters. The van der Waals surface area contributed by atoms with Crippen molar-refractivity contribution in [2.75, 3.05) is 6.54 Å². The summed E-state index contributed by atoms with van der Waals surface area (Å²) in [6.07, 6.45) is 2.52. The molecular formula is C21H23NO2. The number of hydrogen-bond donors (Lipinski definition) is 0. The predicted octanol–water partition coefficient (Wildman–Crippen LogP) is 3.92. The highest BCUT2D eigenvalue weighted by Gasteiger charge is 2.45. The topological polar surface area (TPSA) is 37.4 Å². The van der Waals surface area contributed by atoms with Crippen LogP contribution in [0.5, 0.6) is 0 Å². The van der Waals surface area contributed by atoms with Crippen LogP contribution >= 0.6 is 0 Å². The summed E-state index contributed by atoms with van der Waals surface area (Å²) in [6.45, 7) is 2.60. The third-order valence-electron chi connectivity index (χ3n) is 4.90. The number of unbranched alkanes of at least 4 members (excludes halogenated alkanes) is 1. The van der Waals surface area contributed by atoms with Crippen molar-refractivity contribution in [3.8, 4) is 0 Å². The van der Waals surface area contributed by atoms with Crippen LogP contribution in [-0.2, 0) is 15.0 Å². The van der Waals surface area contributed by atoms with Gasteiger partial charge in [0.25, 0.3) is 0 Å². The fourth-order valence-corrected chi connectivity index (χ4v) is 3.56. The van der Waals surface area contributed by atoms with E-state index in [-0.39, 0.29) is 11.8 Å². The Labute approximate surface area is 143 Å². The third kappa shape index (κ3) is 2.99. The molecule has 0 bridgehead atoms. The van der Waals surface area contributed by atoms with E-state index in [1.54, 1.807) is 0 Å². The van der Waals surface area contributed by atoms with Crippen LogP contribution in [-0.4, -0.2) is 23.3 Å². The maximum absolute atomic E-state index is 12.8. The summed E-state index contributed by atoms with van der Waals surface area (Å²) in [6, 6.07) is 19.9. The first-order chi connectivity index (χ1) is 11.7. The van der Waals surface area contributed by atoms with E-state index in [2.05, 4.69) is 6.92 Å². The van der Waals surface area contributed by atoms with Crippen LogP contribution in [0.3, 0.4) is 0 Å².